The van der Waals surface area contributed by atoms with Gasteiger partial charge < -0.3 is 10.0 Å². The van der Waals surface area contributed by atoms with Crippen molar-refractivity contribution in [2.24, 2.45) is 0 Å². The fourth-order valence-electron chi connectivity index (χ4n) is 2.61. The summed E-state index contributed by atoms with van der Waals surface area (Å²) in [5.74, 6) is 0. The molecule has 1 aromatic heterocycles. The van der Waals surface area contributed by atoms with Gasteiger partial charge in [-0.15, -0.1) is 0 Å². The minimum atomic E-state index is -0.00329. The maximum absolute atomic E-state index is 9.52. The molecule has 1 saturated heterocycles. The van der Waals surface area contributed by atoms with Gasteiger partial charge in [-0.05, 0) is 26.7 Å². The second-order valence-electron chi connectivity index (χ2n) is 6.74. The Kier molecular flexibility index (Phi) is 3.45. The lowest BCUT2D eigenvalue weighted by atomic mass is 9.91. The largest absolute Gasteiger partial charge is 0.391 e. The minimum absolute atomic E-state index is 0.00329. The zero-order valence-corrected chi connectivity index (χ0v) is 12.9. The molecule has 18 heavy (non-hydrogen) atoms. The molecular formula is C14H24N2OS. The number of hydrogen-bond acceptors (Lipinski definition) is 4. The van der Waals surface area contributed by atoms with E-state index in [-0.39, 0.29) is 17.6 Å². The Morgan fingerprint density at radius 2 is 2.06 bits per heavy atom. The number of nitrogens with zero attached hydrogens (tertiary/aromatic N) is 2. The molecule has 1 aliphatic rings. The lowest BCUT2D eigenvalue weighted by Crippen LogP contribution is -2.38. The number of anilines is 1. The van der Waals surface area contributed by atoms with Gasteiger partial charge in [0.25, 0.3) is 0 Å². The lowest BCUT2D eigenvalue weighted by Gasteiger charge is -2.31. The molecule has 0 unspecified atom stereocenters. The van der Waals surface area contributed by atoms with Gasteiger partial charge in [-0.2, -0.15) is 0 Å². The number of thiazole rings is 1. The van der Waals surface area contributed by atoms with Crippen molar-refractivity contribution in [3.63, 3.8) is 0 Å². The summed E-state index contributed by atoms with van der Waals surface area (Å²) >= 11 is 1.65. The van der Waals surface area contributed by atoms with Gasteiger partial charge in [0.15, 0.2) is 5.13 Å². The molecular weight excluding hydrogens is 244 g/mol. The number of aromatic nitrogens is 1. The van der Waals surface area contributed by atoms with E-state index in [4.69, 9.17) is 4.98 Å². The maximum atomic E-state index is 9.52. The highest BCUT2D eigenvalue weighted by Crippen LogP contribution is 2.39. The Bertz CT molecular complexity index is 431. The first-order chi connectivity index (χ1) is 8.25. The van der Waals surface area contributed by atoms with Crippen LogP contribution in [0.3, 0.4) is 0 Å². The Hall–Kier alpha value is -0.610. The van der Waals surface area contributed by atoms with Crippen molar-refractivity contribution in [1.29, 1.82) is 0 Å². The molecule has 1 N–H and O–H groups in total. The van der Waals surface area contributed by atoms with E-state index in [1.807, 2.05) is 0 Å². The standard InChI is InChI=1S/C14H24N2OS/c1-13(2,3)11-10(9-17)18-12(15-11)16-8-6-7-14(16,4)5/h17H,6-9H2,1-5H3. The van der Waals surface area contributed by atoms with Crippen molar-refractivity contribution in [2.45, 2.75) is 65.0 Å². The zero-order chi connectivity index (χ0) is 13.6. The Labute approximate surface area is 114 Å². The fraction of sp³-hybridized carbons (Fsp3) is 0.786. The second-order valence-corrected chi connectivity index (χ2v) is 7.81. The van der Waals surface area contributed by atoms with Crippen molar-refractivity contribution < 1.29 is 5.11 Å². The highest BCUT2D eigenvalue weighted by Gasteiger charge is 2.35. The molecule has 0 aromatic carbocycles. The van der Waals surface area contributed by atoms with Crippen LogP contribution in [-0.4, -0.2) is 22.2 Å². The first kappa shape index (κ1) is 13.8. The van der Waals surface area contributed by atoms with Crippen LogP contribution in [0.25, 0.3) is 0 Å². The molecule has 0 saturated carbocycles. The highest BCUT2D eigenvalue weighted by molar-refractivity contribution is 7.15. The summed E-state index contributed by atoms with van der Waals surface area (Å²) in [5, 5.41) is 10.6. The molecule has 0 amide bonds. The summed E-state index contributed by atoms with van der Waals surface area (Å²) in [7, 11) is 0. The normalized spacial score (nSPS) is 19.6. The number of hydrogen-bond donors (Lipinski definition) is 1. The maximum Gasteiger partial charge on any atom is 0.186 e. The van der Waals surface area contributed by atoms with Crippen LogP contribution in [0.2, 0.25) is 0 Å². The quantitative estimate of drug-likeness (QED) is 0.894. The first-order valence-electron chi connectivity index (χ1n) is 6.64. The average molecular weight is 268 g/mol. The van der Waals surface area contributed by atoms with Gasteiger partial charge in [0.05, 0.1) is 17.2 Å². The van der Waals surface area contributed by atoms with Crippen molar-refractivity contribution in [2.75, 3.05) is 11.4 Å². The van der Waals surface area contributed by atoms with E-state index in [0.717, 1.165) is 22.2 Å². The zero-order valence-electron chi connectivity index (χ0n) is 12.1. The Morgan fingerprint density at radius 1 is 1.39 bits per heavy atom. The molecule has 0 radical (unpaired) electrons. The van der Waals surface area contributed by atoms with Crippen LogP contribution in [0.4, 0.5) is 5.13 Å². The summed E-state index contributed by atoms with van der Waals surface area (Å²) in [4.78, 5) is 8.22. The molecule has 0 aliphatic carbocycles. The van der Waals surface area contributed by atoms with Crippen molar-refractivity contribution in [3.05, 3.63) is 10.6 Å². The predicted molar refractivity (Wildman–Crippen MR) is 77.4 cm³/mol. The van der Waals surface area contributed by atoms with E-state index in [1.54, 1.807) is 11.3 Å². The minimum Gasteiger partial charge on any atom is -0.391 e. The molecule has 3 nitrogen and oxygen atoms in total. The molecule has 4 heteroatoms. The van der Waals surface area contributed by atoms with Crippen LogP contribution in [0.15, 0.2) is 0 Å². The van der Waals surface area contributed by atoms with Crippen LogP contribution in [0.5, 0.6) is 0 Å². The monoisotopic (exact) mass is 268 g/mol. The van der Waals surface area contributed by atoms with Gasteiger partial charge in [-0.25, -0.2) is 4.98 Å². The van der Waals surface area contributed by atoms with Crippen LogP contribution in [0, 0.1) is 0 Å². The number of aliphatic hydroxyl groups excluding tert-OH is 1. The summed E-state index contributed by atoms with van der Waals surface area (Å²) < 4.78 is 0. The predicted octanol–water partition coefficient (Wildman–Crippen LogP) is 3.31. The molecule has 1 fully saturated rings. The smallest absolute Gasteiger partial charge is 0.186 e. The third-order valence-electron chi connectivity index (χ3n) is 3.67. The number of rotatable bonds is 2. The Morgan fingerprint density at radius 3 is 2.44 bits per heavy atom. The summed E-state index contributed by atoms with van der Waals surface area (Å²) in [6, 6.07) is 0. The Balaban J connectivity index is 2.39. The van der Waals surface area contributed by atoms with Gasteiger partial charge in [0.2, 0.25) is 0 Å². The van der Waals surface area contributed by atoms with E-state index < -0.39 is 0 Å². The summed E-state index contributed by atoms with van der Waals surface area (Å²) in [6.45, 7) is 12.2. The average Bonchev–Trinajstić information content (AvgIpc) is 2.79. The van der Waals surface area contributed by atoms with Crippen LogP contribution in [0.1, 0.15) is 58.0 Å². The van der Waals surface area contributed by atoms with E-state index in [2.05, 4.69) is 39.5 Å². The SMILES string of the molecule is CC(C)(C)c1nc(N2CCCC2(C)C)sc1CO. The van der Waals surface area contributed by atoms with Crippen molar-refractivity contribution in [1.82, 2.24) is 4.98 Å². The molecule has 2 rings (SSSR count). The molecule has 1 aromatic rings. The molecule has 1 aliphatic heterocycles. The second kappa shape index (κ2) is 4.49. The van der Waals surface area contributed by atoms with Gasteiger partial charge in [0.1, 0.15) is 0 Å². The third kappa shape index (κ3) is 2.41. The van der Waals surface area contributed by atoms with E-state index >= 15 is 0 Å². The van der Waals surface area contributed by atoms with Gasteiger partial charge in [-0.1, -0.05) is 32.1 Å². The van der Waals surface area contributed by atoms with Crippen molar-refractivity contribution >= 4 is 16.5 Å². The topological polar surface area (TPSA) is 36.4 Å². The third-order valence-corrected chi connectivity index (χ3v) is 4.74. The van der Waals surface area contributed by atoms with Gasteiger partial charge >= 0.3 is 0 Å². The van der Waals surface area contributed by atoms with Gasteiger partial charge in [-0.3, -0.25) is 0 Å². The van der Waals surface area contributed by atoms with E-state index in [0.29, 0.717) is 0 Å². The number of aliphatic hydroxyl groups is 1. The van der Waals surface area contributed by atoms with E-state index in [9.17, 15) is 5.11 Å². The summed E-state index contributed by atoms with van der Waals surface area (Å²) in [6.07, 6.45) is 2.44. The summed E-state index contributed by atoms with van der Waals surface area (Å²) in [5.41, 5.74) is 1.24. The van der Waals surface area contributed by atoms with Crippen LogP contribution in [-0.2, 0) is 12.0 Å². The van der Waals surface area contributed by atoms with E-state index in [1.165, 1.54) is 12.8 Å². The molecule has 0 spiro atoms. The molecule has 2 heterocycles. The van der Waals surface area contributed by atoms with Crippen molar-refractivity contribution in [3.8, 4) is 0 Å². The molecule has 0 atom stereocenters. The van der Waals surface area contributed by atoms with Crippen LogP contribution < -0.4 is 4.90 Å². The fourth-order valence-corrected chi connectivity index (χ4v) is 3.93. The molecule has 102 valence electrons. The van der Waals surface area contributed by atoms with Crippen LogP contribution >= 0.6 is 11.3 Å². The first-order valence-corrected chi connectivity index (χ1v) is 7.46. The molecule has 0 bridgehead atoms. The lowest BCUT2D eigenvalue weighted by molar-refractivity contribution is 0.282. The highest BCUT2D eigenvalue weighted by atomic mass is 32.1. The van der Waals surface area contributed by atoms with Gasteiger partial charge in [0, 0.05) is 17.5 Å².